The first kappa shape index (κ1) is 15.0. The van der Waals surface area contributed by atoms with Crippen LogP contribution in [-0.2, 0) is 11.2 Å². The van der Waals surface area contributed by atoms with Gasteiger partial charge in [-0.05, 0) is 18.1 Å². The van der Waals surface area contributed by atoms with Gasteiger partial charge in [-0.15, -0.1) is 6.58 Å². The number of aliphatic hydroxyl groups is 1. The Labute approximate surface area is 120 Å². The van der Waals surface area contributed by atoms with E-state index >= 15 is 0 Å². The number of aliphatic hydroxyl groups excluding tert-OH is 1. The van der Waals surface area contributed by atoms with Gasteiger partial charge >= 0.3 is 0 Å². The molecule has 2 rings (SSSR count). The molecule has 1 saturated heterocycles. The zero-order valence-electron chi connectivity index (χ0n) is 11.9. The Bertz CT molecular complexity index is 416. The normalized spacial score (nSPS) is 17.6. The van der Waals surface area contributed by atoms with Crippen molar-refractivity contribution in [2.24, 2.45) is 0 Å². The molecular weight excluding hydrogens is 254 g/mol. The van der Waals surface area contributed by atoms with Crippen LogP contribution >= 0.6 is 0 Å². The molecule has 0 aromatic heterocycles. The van der Waals surface area contributed by atoms with Gasteiger partial charge in [0.25, 0.3) is 0 Å². The minimum absolute atomic E-state index is 0.332. The first-order chi connectivity index (χ1) is 9.79. The fraction of sp³-hybridized carbons (Fsp3) is 0.500. The van der Waals surface area contributed by atoms with Gasteiger partial charge in [0.1, 0.15) is 38.1 Å². The number of allylic oxidation sites excluding steroid dienone is 1. The van der Waals surface area contributed by atoms with Gasteiger partial charge in [-0.3, -0.25) is 0 Å². The lowest BCUT2D eigenvalue weighted by molar-refractivity contribution is -0.911. The second-order valence-corrected chi connectivity index (χ2v) is 5.13. The minimum Gasteiger partial charge on any atom is -0.490 e. The van der Waals surface area contributed by atoms with Gasteiger partial charge < -0.3 is 19.5 Å². The molecule has 4 heteroatoms. The van der Waals surface area contributed by atoms with Crippen LogP contribution in [0.15, 0.2) is 36.9 Å². The van der Waals surface area contributed by atoms with Gasteiger partial charge in [-0.1, -0.05) is 24.3 Å². The Morgan fingerprint density at radius 2 is 2.10 bits per heavy atom. The molecule has 0 amide bonds. The molecule has 1 atom stereocenters. The Hall–Kier alpha value is -1.36. The molecule has 1 aromatic carbocycles. The van der Waals surface area contributed by atoms with Gasteiger partial charge in [0, 0.05) is 0 Å². The number of para-hydroxylation sites is 1. The summed E-state index contributed by atoms with van der Waals surface area (Å²) in [5.41, 5.74) is 1.11. The average Bonchev–Trinajstić information content (AvgIpc) is 2.48. The molecule has 1 aliphatic rings. The molecule has 1 fully saturated rings. The van der Waals surface area contributed by atoms with Crippen LogP contribution in [0.4, 0.5) is 0 Å². The van der Waals surface area contributed by atoms with Crippen LogP contribution in [0, 0.1) is 0 Å². The quantitative estimate of drug-likeness (QED) is 0.694. The van der Waals surface area contributed by atoms with E-state index in [0.717, 1.165) is 44.0 Å². The summed E-state index contributed by atoms with van der Waals surface area (Å²) in [7, 11) is 0. The topological polar surface area (TPSA) is 43.1 Å². The molecule has 0 spiro atoms. The van der Waals surface area contributed by atoms with E-state index in [9.17, 15) is 5.11 Å². The molecular formula is C16H24NO3+. The standard InChI is InChI=1S/C16H23NO3/c1-2-5-14-6-3-4-7-16(14)20-13-15(18)12-17-8-10-19-11-9-17/h2-4,6-7,15,18H,1,5,8-13H2/p+1/t15-/m1/s1. The number of hydrogen-bond donors (Lipinski definition) is 2. The molecule has 1 aromatic rings. The van der Waals surface area contributed by atoms with Crippen molar-refractivity contribution in [1.82, 2.24) is 0 Å². The Morgan fingerprint density at radius 3 is 2.85 bits per heavy atom. The van der Waals surface area contributed by atoms with E-state index < -0.39 is 6.10 Å². The molecule has 0 aliphatic carbocycles. The lowest BCUT2D eigenvalue weighted by atomic mass is 10.1. The van der Waals surface area contributed by atoms with E-state index in [-0.39, 0.29) is 0 Å². The van der Waals surface area contributed by atoms with E-state index in [4.69, 9.17) is 9.47 Å². The van der Waals surface area contributed by atoms with E-state index in [1.54, 1.807) is 0 Å². The van der Waals surface area contributed by atoms with Crippen LogP contribution in [0.2, 0.25) is 0 Å². The summed E-state index contributed by atoms with van der Waals surface area (Å²) < 4.78 is 11.1. The van der Waals surface area contributed by atoms with Gasteiger partial charge in [0.2, 0.25) is 0 Å². The van der Waals surface area contributed by atoms with Crippen molar-refractivity contribution in [3.63, 3.8) is 0 Å². The monoisotopic (exact) mass is 278 g/mol. The summed E-state index contributed by atoms with van der Waals surface area (Å²) in [6.07, 6.45) is 2.19. The molecule has 0 unspecified atom stereocenters. The predicted octanol–water partition coefficient (Wildman–Crippen LogP) is 0.0699. The third-order valence-electron chi connectivity index (χ3n) is 3.49. The average molecular weight is 278 g/mol. The number of ether oxygens (including phenoxy) is 2. The Balaban J connectivity index is 1.80. The third-order valence-corrected chi connectivity index (χ3v) is 3.49. The van der Waals surface area contributed by atoms with Gasteiger partial charge in [-0.2, -0.15) is 0 Å². The smallest absolute Gasteiger partial charge is 0.137 e. The van der Waals surface area contributed by atoms with E-state index in [0.29, 0.717) is 13.2 Å². The maximum absolute atomic E-state index is 10.1. The van der Waals surface area contributed by atoms with E-state index in [1.807, 2.05) is 30.3 Å². The highest BCUT2D eigenvalue weighted by Gasteiger charge is 2.18. The Morgan fingerprint density at radius 1 is 1.35 bits per heavy atom. The van der Waals surface area contributed by atoms with Crippen molar-refractivity contribution < 1.29 is 19.5 Å². The van der Waals surface area contributed by atoms with Gasteiger partial charge in [-0.25, -0.2) is 0 Å². The summed E-state index contributed by atoms with van der Waals surface area (Å²) >= 11 is 0. The van der Waals surface area contributed by atoms with Crippen molar-refractivity contribution in [3.05, 3.63) is 42.5 Å². The summed E-state index contributed by atoms with van der Waals surface area (Å²) in [6, 6.07) is 7.89. The summed E-state index contributed by atoms with van der Waals surface area (Å²) in [5, 5.41) is 10.1. The molecule has 2 N–H and O–H groups in total. The minimum atomic E-state index is -0.445. The molecule has 0 saturated carbocycles. The van der Waals surface area contributed by atoms with E-state index in [2.05, 4.69) is 6.58 Å². The lowest BCUT2D eigenvalue weighted by Gasteiger charge is -2.25. The molecule has 0 bridgehead atoms. The lowest BCUT2D eigenvalue weighted by Crippen LogP contribution is -3.15. The largest absolute Gasteiger partial charge is 0.490 e. The number of nitrogens with one attached hydrogen (secondary N) is 1. The fourth-order valence-electron chi connectivity index (χ4n) is 2.41. The van der Waals surface area contributed by atoms with Crippen molar-refractivity contribution in [2.45, 2.75) is 12.5 Å². The molecule has 20 heavy (non-hydrogen) atoms. The number of hydrogen-bond acceptors (Lipinski definition) is 3. The van der Waals surface area contributed by atoms with Gasteiger partial charge in [0.15, 0.2) is 0 Å². The Kier molecular flexibility index (Phi) is 6.05. The summed E-state index contributed by atoms with van der Waals surface area (Å²) in [4.78, 5) is 1.38. The maximum Gasteiger partial charge on any atom is 0.137 e. The molecule has 0 radical (unpaired) electrons. The second kappa shape index (κ2) is 8.04. The van der Waals surface area contributed by atoms with Gasteiger partial charge in [0.05, 0.1) is 13.2 Å². The van der Waals surface area contributed by atoms with Crippen LogP contribution in [0.25, 0.3) is 0 Å². The highest BCUT2D eigenvalue weighted by atomic mass is 16.5. The first-order valence-electron chi connectivity index (χ1n) is 7.20. The predicted molar refractivity (Wildman–Crippen MR) is 78.2 cm³/mol. The molecule has 1 heterocycles. The fourth-order valence-corrected chi connectivity index (χ4v) is 2.41. The third kappa shape index (κ3) is 4.63. The number of quaternary nitrogens is 1. The maximum atomic E-state index is 10.1. The SMILES string of the molecule is C=CCc1ccccc1OC[C@H](O)C[NH+]1CCOCC1. The van der Waals surface area contributed by atoms with Crippen molar-refractivity contribution in [1.29, 1.82) is 0 Å². The van der Waals surface area contributed by atoms with Crippen LogP contribution in [-0.4, -0.2) is 50.7 Å². The molecule has 110 valence electrons. The highest BCUT2D eigenvalue weighted by Crippen LogP contribution is 2.18. The number of benzene rings is 1. The van der Waals surface area contributed by atoms with E-state index in [1.165, 1.54) is 4.90 Å². The molecule has 4 nitrogen and oxygen atoms in total. The summed E-state index contributed by atoms with van der Waals surface area (Å²) in [5.74, 6) is 0.837. The first-order valence-corrected chi connectivity index (χ1v) is 7.20. The van der Waals surface area contributed by atoms with Crippen molar-refractivity contribution >= 4 is 0 Å². The zero-order valence-corrected chi connectivity index (χ0v) is 11.9. The van der Waals surface area contributed by atoms with Crippen molar-refractivity contribution in [2.75, 3.05) is 39.5 Å². The van der Waals surface area contributed by atoms with Crippen LogP contribution < -0.4 is 9.64 Å². The zero-order chi connectivity index (χ0) is 14.2. The van der Waals surface area contributed by atoms with Crippen LogP contribution in [0.1, 0.15) is 5.56 Å². The molecule has 1 aliphatic heterocycles. The van der Waals surface area contributed by atoms with Crippen LogP contribution in [0.3, 0.4) is 0 Å². The number of rotatable bonds is 7. The van der Waals surface area contributed by atoms with Crippen LogP contribution in [0.5, 0.6) is 5.75 Å². The van der Waals surface area contributed by atoms with Crippen molar-refractivity contribution in [3.8, 4) is 5.75 Å². The second-order valence-electron chi connectivity index (χ2n) is 5.13. The summed E-state index contributed by atoms with van der Waals surface area (Å²) in [6.45, 7) is 8.29. The number of morpholine rings is 1. The highest BCUT2D eigenvalue weighted by molar-refractivity contribution is 5.34.